The second kappa shape index (κ2) is 9.45. The molecule has 3 rings (SSSR count). The van der Waals surface area contributed by atoms with Gasteiger partial charge < -0.3 is 10.1 Å². The highest BCUT2D eigenvalue weighted by atomic mass is 32.2. The highest BCUT2D eigenvalue weighted by molar-refractivity contribution is 8.00. The number of hydrogen-bond donors (Lipinski definition) is 1. The molecule has 1 saturated heterocycles. The van der Waals surface area contributed by atoms with E-state index < -0.39 is 10.0 Å². The van der Waals surface area contributed by atoms with Gasteiger partial charge in [-0.1, -0.05) is 6.07 Å². The fourth-order valence-electron chi connectivity index (χ4n) is 2.96. The monoisotopic (exact) mass is 420 g/mol. The minimum absolute atomic E-state index is 0.186. The summed E-state index contributed by atoms with van der Waals surface area (Å²) < 4.78 is 32.2. The van der Waals surface area contributed by atoms with Crippen molar-refractivity contribution in [1.29, 1.82) is 0 Å². The van der Waals surface area contributed by atoms with Crippen molar-refractivity contribution in [3.8, 4) is 5.75 Å². The molecule has 0 atom stereocenters. The van der Waals surface area contributed by atoms with Crippen LogP contribution in [-0.4, -0.2) is 44.1 Å². The van der Waals surface area contributed by atoms with E-state index in [2.05, 4.69) is 5.32 Å². The van der Waals surface area contributed by atoms with Crippen LogP contribution in [0.25, 0.3) is 0 Å². The highest BCUT2D eigenvalue weighted by Gasteiger charge is 2.27. The molecule has 0 aromatic heterocycles. The van der Waals surface area contributed by atoms with Gasteiger partial charge in [-0.2, -0.15) is 4.31 Å². The van der Waals surface area contributed by atoms with Gasteiger partial charge in [-0.3, -0.25) is 4.79 Å². The molecule has 8 heteroatoms. The van der Waals surface area contributed by atoms with Crippen LogP contribution in [0.15, 0.2) is 58.3 Å². The predicted octanol–water partition coefficient (Wildman–Crippen LogP) is 3.60. The largest absolute Gasteiger partial charge is 0.494 e. The second-order valence-electron chi connectivity index (χ2n) is 6.38. The normalized spacial score (nSPS) is 14.8. The number of benzene rings is 2. The number of anilines is 1. The van der Waals surface area contributed by atoms with Gasteiger partial charge in [-0.05, 0) is 62.2 Å². The van der Waals surface area contributed by atoms with Gasteiger partial charge in [-0.15, -0.1) is 11.8 Å². The summed E-state index contributed by atoms with van der Waals surface area (Å²) in [7, 11) is -3.50. The van der Waals surface area contributed by atoms with Crippen LogP contribution in [0.1, 0.15) is 19.8 Å². The number of nitrogens with zero attached hydrogens (tertiary/aromatic N) is 1. The Labute approximate surface area is 170 Å². The minimum Gasteiger partial charge on any atom is -0.494 e. The summed E-state index contributed by atoms with van der Waals surface area (Å²) in [5.41, 5.74) is 0.484. The number of thioether (sulfide) groups is 1. The number of hydrogen-bond acceptors (Lipinski definition) is 5. The molecule has 150 valence electrons. The van der Waals surface area contributed by atoms with Gasteiger partial charge in [0.2, 0.25) is 15.9 Å². The molecule has 2 aromatic rings. The van der Waals surface area contributed by atoms with E-state index in [1.165, 1.54) is 22.1 Å². The standard InChI is InChI=1S/C20H24N2O4S2/c1-2-26-17-8-10-18(11-9-17)27-15-20(23)21-16-6-5-7-19(14-16)28(24,25)22-12-3-4-13-22/h5-11,14H,2-4,12-13,15H2,1H3,(H,21,23). The lowest BCUT2D eigenvalue weighted by Gasteiger charge is -2.16. The van der Waals surface area contributed by atoms with E-state index in [4.69, 9.17) is 4.74 Å². The summed E-state index contributed by atoms with van der Waals surface area (Å²) in [4.78, 5) is 13.4. The molecule has 0 unspecified atom stereocenters. The quantitative estimate of drug-likeness (QED) is 0.661. The lowest BCUT2D eigenvalue weighted by atomic mass is 10.3. The molecule has 1 aliphatic heterocycles. The number of amides is 1. The van der Waals surface area contributed by atoms with Crippen LogP contribution in [0.4, 0.5) is 5.69 Å². The van der Waals surface area contributed by atoms with Gasteiger partial charge in [0.05, 0.1) is 17.3 Å². The maximum absolute atomic E-state index is 12.7. The maximum atomic E-state index is 12.7. The molecule has 1 fully saturated rings. The third-order valence-corrected chi connectivity index (χ3v) is 7.23. The Hall–Kier alpha value is -2.03. The zero-order valence-corrected chi connectivity index (χ0v) is 17.4. The van der Waals surface area contributed by atoms with Gasteiger partial charge in [0, 0.05) is 23.7 Å². The van der Waals surface area contributed by atoms with Crippen molar-refractivity contribution in [2.45, 2.75) is 29.6 Å². The van der Waals surface area contributed by atoms with Crippen LogP contribution >= 0.6 is 11.8 Å². The second-order valence-corrected chi connectivity index (χ2v) is 9.37. The Morgan fingerprint density at radius 2 is 1.86 bits per heavy atom. The smallest absolute Gasteiger partial charge is 0.243 e. The van der Waals surface area contributed by atoms with Crippen molar-refractivity contribution in [2.24, 2.45) is 0 Å². The first kappa shape index (κ1) is 20.7. The summed E-state index contributed by atoms with van der Waals surface area (Å²) in [6.45, 7) is 3.65. The third-order valence-electron chi connectivity index (χ3n) is 4.33. The number of rotatable bonds is 8. The zero-order valence-electron chi connectivity index (χ0n) is 15.8. The molecule has 0 aliphatic carbocycles. The molecule has 1 amide bonds. The van der Waals surface area contributed by atoms with Gasteiger partial charge in [0.15, 0.2) is 0 Å². The first-order chi connectivity index (χ1) is 13.5. The Morgan fingerprint density at radius 3 is 2.54 bits per heavy atom. The molecule has 6 nitrogen and oxygen atoms in total. The molecule has 2 aromatic carbocycles. The van der Waals surface area contributed by atoms with E-state index in [0.29, 0.717) is 25.4 Å². The fourth-order valence-corrected chi connectivity index (χ4v) is 5.22. The highest BCUT2D eigenvalue weighted by Crippen LogP contribution is 2.24. The van der Waals surface area contributed by atoms with Gasteiger partial charge in [0.1, 0.15) is 5.75 Å². The van der Waals surface area contributed by atoms with E-state index in [0.717, 1.165) is 23.5 Å². The van der Waals surface area contributed by atoms with Crippen molar-refractivity contribution in [3.63, 3.8) is 0 Å². The van der Waals surface area contributed by atoms with E-state index in [1.807, 2.05) is 31.2 Å². The van der Waals surface area contributed by atoms with Crippen LogP contribution in [0.2, 0.25) is 0 Å². The third kappa shape index (κ3) is 5.27. The van der Waals surface area contributed by atoms with E-state index in [-0.39, 0.29) is 16.6 Å². The van der Waals surface area contributed by atoms with Crippen LogP contribution in [0.5, 0.6) is 5.75 Å². The average Bonchev–Trinajstić information content (AvgIpc) is 3.24. The van der Waals surface area contributed by atoms with E-state index in [9.17, 15) is 13.2 Å². The summed E-state index contributed by atoms with van der Waals surface area (Å²) in [5, 5.41) is 2.78. The Kier molecular flexibility index (Phi) is 6.98. The summed E-state index contributed by atoms with van der Waals surface area (Å²) in [5.74, 6) is 0.846. The van der Waals surface area contributed by atoms with Crippen molar-refractivity contribution in [3.05, 3.63) is 48.5 Å². The maximum Gasteiger partial charge on any atom is 0.243 e. The lowest BCUT2D eigenvalue weighted by molar-refractivity contribution is -0.113. The number of nitrogens with one attached hydrogen (secondary N) is 1. The topological polar surface area (TPSA) is 75.7 Å². The first-order valence-corrected chi connectivity index (χ1v) is 11.7. The lowest BCUT2D eigenvalue weighted by Crippen LogP contribution is -2.28. The van der Waals surface area contributed by atoms with Crippen molar-refractivity contribution in [1.82, 2.24) is 4.31 Å². The molecule has 0 bridgehead atoms. The molecule has 1 heterocycles. The van der Waals surface area contributed by atoms with Crippen LogP contribution < -0.4 is 10.1 Å². The predicted molar refractivity (Wildman–Crippen MR) is 111 cm³/mol. The number of carbonyl (C=O) groups is 1. The van der Waals surface area contributed by atoms with E-state index in [1.54, 1.807) is 18.2 Å². The van der Waals surface area contributed by atoms with Gasteiger partial charge in [0.25, 0.3) is 0 Å². The van der Waals surface area contributed by atoms with Crippen molar-refractivity contribution < 1.29 is 17.9 Å². The molecule has 1 N–H and O–H groups in total. The molecule has 0 radical (unpaired) electrons. The number of ether oxygens (including phenoxy) is 1. The molecule has 1 aliphatic rings. The van der Waals surface area contributed by atoms with Gasteiger partial charge >= 0.3 is 0 Å². The minimum atomic E-state index is -3.50. The van der Waals surface area contributed by atoms with Crippen LogP contribution in [0, 0.1) is 0 Å². The number of carbonyl (C=O) groups excluding carboxylic acids is 1. The van der Waals surface area contributed by atoms with Crippen LogP contribution in [-0.2, 0) is 14.8 Å². The Morgan fingerprint density at radius 1 is 1.14 bits per heavy atom. The summed E-state index contributed by atoms with van der Waals surface area (Å²) in [6.07, 6.45) is 1.77. The van der Waals surface area contributed by atoms with E-state index >= 15 is 0 Å². The van der Waals surface area contributed by atoms with Crippen LogP contribution in [0.3, 0.4) is 0 Å². The van der Waals surface area contributed by atoms with Crippen molar-refractivity contribution in [2.75, 3.05) is 30.8 Å². The summed E-state index contributed by atoms with van der Waals surface area (Å²) >= 11 is 1.41. The fraction of sp³-hybridized carbons (Fsp3) is 0.350. The molecule has 0 spiro atoms. The summed E-state index contributed by atoms with van der Waals surface area (Å²) in [6, 6.07) is 14.0. The average molecular weight is 421 g/mol. The molecule has 0 saturated carbocycles. The number of sulfonamides is 1. The zero-order chi connectivity index (χ0) is 20.0. The Balaban J connectivity index is 1.58. The molecular formula is C20H24N2O4S2. The molecular weight excluding hydrogens is 396 g/mol. The molecule has 28 heavy (non-hydrogen) atoms. The first-order valence-electron chi connectivity index (χ1n) is 9.25. The van der Waals surface area contributed by atoms with Crippen molar-refractivity contribution >= 4 is 33.4 Å². The SMILES string of the molecule is CCOc1ccc(SCC(=O)Nc2cccc(S(=O)(=O)N3CCCC3)c2)cc1. The Bertz CT molecular complexity index is 908. The van der Waals surface area contributed by atoms with Gasteiger partial charge in [-0.25, -0.2) is 8.42 Å².